The van der Waals surface area contributed by atoms with Crippen LogP contribution in [0.3, 0.4) is 0 Å². The van der Waals surface area contributed by atoms with Gasteiger partial charge in [0.05, 0.1) is 30.4 Å². The topological polar surface area (TPSA) is 87.1 Å². The van der Waals surface area contributed by atoms with E-state index in [1.807, 2.05) is 12.1 Å². The third kappa shape index (κ3) is 3.17. The van der Waals surface area contributed by atoms with E-state index in [4.69, 9.17) is 14.9 Å². The first-order valence-electron chi connectivity index (χ1n) is 7.57. The predicted octanol–water partition coefficient (Wildman–Crippen LogP) is 3.34. The van der Waals surface area contributed by atoms with Gasteiger partial charge in [-0.1, -0.05) is 13.8 Å². The van der Waals surface area contributed by atoms with Crippen molar-refractivity contribution in [2.24, 2.45) is 11.7 Å². The van der Waals surface area contributed by atoms with Crippen LogP contribution < -0.4 is 10.5 Å². The highest BCUT2D eigenvalue weighted by Gasteiger charge is 2.15. The maximum atomic E-state index is 6.19. The van der Waals surface area contributed by atoms with Gasteiger partial charge >= 0.3 is 0 Å². The average molecular weight is 312 g/mol. The average Bonchev–Trinajstić information content (AvgIpc) is 3.06. The Bertz CT molecular complexity index is 800. The molecule has 1 atom stereocenters. The number of nitrogens with zero attached hydrogens (tertiary/aromatic N) is 3. The Kier molecular flexibility index (Phi) is 4.25. The second-order valence-electron chi connectivity index (χ2n) is 5.94. The molecule has 6 heteroatoms. The van der Waals surface area contributed by atoms with Crippen LogP contribution in [-0.2, 0) is 0 Å². The second-order valence-corrected chi connectivity index (χ2v) is 5.94. The fraction of sp³-hybridized carbons (Fsp3) is 0.353. The zero-order chi connectivity index (χ0) is 16.4. The number of aromatic nitrogens is 3. The lowest BCUT2D eigenvalue weighted by Crippen LogP contribution is -2.16. The second kappa shape index (κ2) is 6.34. The number of methoxy groups -OCH3 is 1. The first kappa shape index (κ1) is 15.4. The molecule has 1 aromatic carbocycles. The van der Waals surface area contributed by atoms with Gasteiger partial charge in [0, 0.05) is 17.6 Å². The summed E-state index contributed by atoms with van der Waals surface area (Å²) < 4.78 is 10.8. The minimum absolute atomic E-state index is 0.167. The minimum atomic E-state index is -0.167. The number of ether oxygens (including phenoxy) is 1. The van der Waals surface area contributed by atoms with Gasteiger partial charge in [-0.2, -0.15) is 0 Å². The molecular formula is C17H20N4O2. The highest BCUT2D eigenvalue weighted by Crippen LogP contribution is 2.33. The van der Waals surface area contributed by atoms with Crippen molar-refractivity contribution < 1.29 is 9.15 Å². The Hall–Kier alpha value is -2.47. The molecule has 0 spiro atoms. The first-order chi connectivity index (χ1) is 11.1. The molecule has 0 bridgehead atoms. The van der Waals surface area contributed by atoms with Gasteiger partial charge in [-0.25, -0.2) is 15.0 Å². The van der Waals surface area contributed by atoms with E-state index in [0.29, 0.717) is 23.3 Å². The molecule has 0 aliphatic carbocycles. The van der Waals surface area contributed by atoms with E-state index >= 15 is 0 Å². The molecule has 6 nitrogen and oxygen atoms in total. The van der Waals surface area contributed by atoms with Crippen molar-refractivity contribution in [2.75, 3.05) is 7.11 Å². The van der Waals surface area contributed by atoms with Crippen molar-refractivity contribution in [3.8, 4) is 17.1 Å². The van der Waals surface area contributed by atoms with Crippen molar-refractivity contribution >= 4 is 10.9 Å². The van der Waals surface area contributed by atoms with E-state index in [2.05, 4.69) is 28.8 Å². The Labute approximate surface area is 134 Å². The molecule has 0 saturated heterocycles. The van der Waals surface area contributed by atoms with Crippen molar-refractivity contribution in [3.05, 3.63) is 36.7 Å². The van der Waals surface area contributed by atoms with Crippen molar-refractivity contribution in [3.63, 3.8) is 0 Å². The van der Waals surface area contributed by atoms with Crippen molar-refractivity contribution in [1.82, 2.24) is 15.0 Å². The minimum Gasteiger partial charge on any atom is -0.496 e. The molecule has 23 heavy (non-hydrogen) atoms. The molecule has 0 aliphatic rings. The smallest absolute Gasteiger partial charge is 0.181 e. The molecule has 2 heterocycles. The molecule has 2 N–H and O–H groups in total. The van der Waals surface area contributed by atoms with Gasteiger partial charge < -0.3 is 14.9 Å². The van der Waals surface area contributed by atoms with Gasteiger partial charge in [0.15, 0.2) is 12.2 Å². The first-order valence-corrected chi connectivity index (χ1v) is 7.57. The lowest BCUT2D eigenvalue weighted by Gasteiger charge is -2.14. The van der Waals surface area contributed by atoms with Crippen LogP contribution in [0.5, 0.6) is 5.75 Å². The number of benzene rings is 1. The lowest BCUT2D eigenvalue weighted by atomic mass is 10.0. The standard InChI is InChI=1S/C17H20N4O2/c1-10(2)4-13(18)17-20-7-11-5-12(16-8-19-9-23-16)15(22-3)6-14(11)21-17/h5-10,13H,4,18H2,1-3H3/t13-/m1/s1. The van der Waals surface area contributed by atoms with Crippen LogP contribution >= 0.6 is 0 Å². The van der Waals surface area contributed by atoms with E-state index in [-0.39, 0.29) is 6.04 Å². The summed E-state index contributed by atoms with van der Waals surface area (Å²) in [6, 6.07) is 3.65. The van der Waals surface area contributed by atoms with Crippen LogP contribution in [0.4, 0.5) is 0 Å². The van der Waals surface area contributed by atoms with Crippen LogP contribution in [0.25, 0.3) is 22.2 Å². The third-order valence-corrected chi connectivity index (χ3v) is 3.67. The summed E-state index contributed by atoms with van der Waals surface area (Å²) in [5, 5.41) is 0.901. The molecule has 3 aromatic rings. The van der Waals surface area contributed by atoms with Gasteiger partial charge in [0.2, 0.25) is 0 Å². The van der Waals surface area contributed by atoms with Gasteiger partial charge in [-0.3, -0.25) is 0 Å². The Morgan fingerprint density at radius 1 is 1.26 bits per heavy atom. The highest BCUT2D eigenvalue weighted by molar-refractivity contribution is 5.86. The Balaban J connectivity index is 2.05. The van der Waals surface area contributed by atoms with Crippen LogP contribution in [0.2, 0.25) is 0 Å². The molecule has 0 radical (unpaired) electrons. The monoisotopic (exact) mass is 312 g/mol. The molecule has 0 saturated carbocycles. The summed E-state index contributed by atoms with van der Waals surface area (Å²) in [6.07, 6.45) is 5.68. The van der Waals surface area contributed by atoms with Crippen LogP contribution in [0.1, 0.15) is 32.1 Å². The van der Waals surface area contributed by atoms with Crippen molar-refractivity contribution in [2.45, 2.75) is 26.3 Å². The van der Waals surface area contributed by atoms with Crippen molar-refractivity contribution in [1.29, 1.82) is 0 Å². The number of nitrogens with two attached hydrogens (primary N) is 1. The lowest BCUT2D eigenvalue weighted by molar-refractivity contribution is 0.415. The number of oxazole rings is 1. The van der Waals surface area contributed by atoms with E-state index in [9.17, 15) is 0 Å². The zero-order valence-corrected chi connectivity index (χ0v) is 13.5. The highest BCUT2D eigenvalue weighted by atomic mass is 16.5. The quantitative estimate of drug-likeness (QED) is 0.777. The van der Waals surface area contributed by atoms with E-state index in [1.54, 1.807) is 19.5 Å². The number of hydrogen-bond donors (Lipinski definition) is 1. The SMILES string of the molecule is COc1cc2nc([C@H](N)CC(C)C)ncc2cc1-c1cnco1. The molecule has 2 aromatic heterocycles. The molecule has 0 amide bonds. The van der Waals surface area contributed by atoms with E-state index in [1.165, 1.54) is 6.39 Å². The van der Waals surface area contributed by atoms with Gasteiger partial charge in [-0.15, -0.1) is 0 Å². The van der Waals surface area contributed by atoms with Gasteiger partial charge in [-0.05, 0) is 18.4 Å². The number of hydrogen-bond acceptors (Lipinski definition) is 6. The Morgan fingerprint density at radius 2 is 2.09 bits per heavy atom. The predicted molar refractivity (Wildman–Crippen MR) is 88.0 cm³/mol. The summed E-state index contributed by atoms with van der Waals surface area (Å²) in [6.45, 7) is 4.27. The maximum absolute atomic E-state index is 6.19. The summed E-state index contributed by atoms with van der Waals surface area (Å²) in [4.78, 5) is 13.0. The molecular weight excluding hydrogens is 292 g/mol. The normalized spacial score (nSPS) is 12.7. The van der Waals surface area contributed by atoms with E-state index < -0.39 is 0 Å². The van der Waals surface area contributed by atoms with Crippen LogP contribution in [-0.4, -0.2) is 22.1 Å². The fourth-order valence-electron chi connectivity index (χ4n) is 2.58. The molecule has 0 fully saturated rings. The van der Waals surface area contributed by atoms with Gasteiger partial charge in [0.25, 0.3) is 0 Å². The summed E-state index contributed by atoms with van der Waals surface area (Å²) >= 11 is 0. The zero-order valence-electron chi connectivity index (χ0n) is 13.5. The summed E-state index contributed by atoms with van der Waals surface area (Å²) in [5.41, 5.74) is 7.81. The molecule has 3 rings (SSSR count). The molecule has 0 unspecified atom stereocenters. The fourth-order valence-corrected chi connectivity index (χ4v) is 2.58. The number of rotatable bonds is 5. The third-order valence-electron chi connectivity index (χ3n) is 3.67. The summed E-state index contributed by atoms with van der Waals surface area (Å²) in [7, 11) is 1.62. The maximum Gasteiger partial charge on any atom is 0.181 e. The number of fused-ring (bicyclic) bond motifs is 1. The van der Waals surface area contributed by atoms with Crippen LogP contribution in [0.15, 0.2) is 35.3 Å². The van der Waals surface area contributed by atoms with E-state index in [0.717, 1.165) is 22.9 Å². The molecule has 120 valence electrons. The van der Waals surface area contributed by atoms with Crippen LogP contribution in [0, 0.1) is 5.92 Å². The molecule has 0 aliphatic heterocycles. The largest absolute Gasteiger partial charge is 0.496 e. The van der Waals surface area contributed by atoms with Gasteiger partial charge in [0.1, 0.15) is 11.6 Å². The summed E-state index contributed by atoms with van der Waals surface area (Å²) in [5.74, 6) is 2.47. The Morgan fingerprint density at radius 3 is 2.74 bits per heavy atom.